The van der Waals surface area contributed by atoms with Gasteiger partial charge in [-0.3, -0.25) is 4.79 Å². The lowest BCUT2D eigenvalue weighted by Gasteiger charge is -2.30. The van der Waals surface area contributed by atoms with Crippen LogP contribution in [-0.4, -0.2) is 19.1 Å². The monoisotopic (exact) mass is 296 g/mol. The molecule has 0 saturated heterocycles. The summed E-state index contributed by atoms with van der Waals surface area (Å²) in [4.78, 5) is 14.0. The Morgan fingerprint density at radius 3 is 2.15 bits per heavy atom. The van der Waals surface area contributed by atoms with Crippen LogP contribution in [0.3, 0.4) is 0 Å². The van der Waals surface area contributed by atoms with Crippen LogP contribution in [-0.2, 0) is 0 Å². The molecule has 0 spiro atoms. The molecule has 3 nitrogen and oxygen atoms in total. The third-order valence-electron chi connectivity index (χ3n) is 3.19. The molecule has 1 N–H and O–H groups in total. The molecule has 0 radical (unpaired) electrons. The van der Waals surface area contributed by atoms with Crippen molar-refractivity contribution in [3.63, 3.8) is 0 Å². The number of rotatable bonds is 5. The van der Waals surface area contributed by atoms with Gasteiger partial charge >= 0.3 is 0 Å². The molecule has 0 bridgehead atoms. The number of anilines is 2. The van der Waals surface area contributed by atoms with Crippen LogP contribution in [0.1, 0.15) is 54.4 Å². The van der Waals surface area contributed by atoms with Gasteiger partial charge < -0.3 is 10.2 Å². The smallest absolute Gasteiger partial charge is 0.224 e. The fourth-order valence-corrected chi connectivity index (χ4v) is 2.55. The predicted octanol–water partition coefficient (Wildman–Crippen LogP) is 4.12. The number of nitrogens with one attached hydrogen (secondary N) is 1. The van der Waals surface area contributed by atoms with Crippen molar-refractivity contribution in [3.05, 3.63) is 14.7 Å². The highest BCUT2D eigenvalue weighted by molar-refractivity contribution is 7.71. The minimum Gasteiger partial charge on any atom is -0.376 e. The molecule has 0 atom stereocenters. The van der Waals surface area contributed by atoms with E-state index in [2.05, 4.69) is 31.0 Å². The van der Waals surface area contributed by atoms with Crippen LogP contribution < -0.4 is 15.6 Å². The van der Waals surface area contributed by atoms with Gasteiger partial charge in [0, 0.05) is 19.1 Å². The van der Waals surface area contributed by atoms with E-state index in [0.717, 1.165) is 25.1 Å². The van der Waals surface area contributed by atoms with E-state index in [1.165, 1.54) is 0 Å². The summed E-state index contributed by atoms with van der Waals surface area (Å²) in [6, 6.07) is 0. The third-order valence-corrected chi connectivity index (χ3v) is 3.57. The van der Waals surface area contributed by atoms with Crippen molar-refractivity contribution in [3.8, 4) is 0 Å². The Hall–Kier alpha value is -0.900. The molecule has 4 heteroatoms. The van der Waals surface area contributed by atoms with Gasteiger partial charge in [-0.1, -0.05) is 33.0 Å². The number of hydrogen-bond acceptors (Lipinski definition) is 4. The Bertz CT molecular complexity index is 528. The lowest BCUT2D eigenvalue weighted by atomic mass is 9.90. The van der Waals surface area contributed by atoms with Crippen molar-refractivity contribution in [2.45, 2.75) is 59.9 Å². The van der Waals surface area contributed by atoms with E-state index >= 15 is 0 Å². The van der Waals surface area contributed by atoms with Crippen molar-refractivity contribution in [1.82, 2.24) is 0 Å². The summed E-state index contributed by atoms with van der Waals surface area (Å²) >= 11 is 5.21. The largest absolute Gasteiger partial charge is 0.376 e. The van der Waals surface area contributed by atoms with Crippen LogP contribution in [0.25, 0.3) is 0 Å². The van der Waals surface area contributed by atoms with Crippen molar-refractivity contribution in [2.75, 3.05) is 23.8 Å². The molecular formula is C16H28N2OS. The molecule has 0 fully saturated rings. The van der Waals surface area contributed by atoms with E-state index in [4.69, 9.17) is 12.2 Å². The Morgan fingerprint density at radius 2 is 1.70 bits per heavy atom. The van der Waals surface area contributed by atoms with E-state index in [-0.39, 0.29) is 11.0 Å². The van der Waals surface area contributed by atoms with Gasteiger partial charge in [0.1, 0.15) is 10.2 Å². The van der Waals surface area contributed by atoms with Crippen molar-refractivity contribution >= 4 is 23.6 Å². The Labute approximate surface area is 128 Å². The van der Waals surface area contributed by atoms with Crippen LogP contribution in [0.5, 0.6) is 0 Å². The average Bonchev–Trinajstić information content (AvgIpc) is 2.24. The first-order valence-corrected chi connectivity index (χ1v) is 7.66. The first-order valence-electron chi connectivity index (χ1n) is 7.25. The topological polar surface area (TPSA) is 32.3 Å². The summed E-state index contributed by atoms with van der Waals surface area (Å²) in [6.45, 7) is 13.8. The van der Waals surface area contributed by atoms with Gasteiger partial charge in [-0.2, -0.15) is 0 Å². The van der Waals surface area contributed by atoms with Crippen LogP contribution in [0.15, 0.2) is 4.79 Å². The van der Waals surface area contributed by atoms with Crippen LogP contribution in [0, 0.1) is 9.93 Å². The molecule has 0 aliphatic rings. The predicted molar refractivity (Wildman–Crippen MR) is 91.3 cm³/mol. The van der Waals surface area contributed by atoms with Crippen molar-refractivity contribution in [1.29, 1.82) is 0 Å². The standard InChI is InChI=1S/C16H28N2OS/c1-15(2,3)9-8-10-18(7)12-11(13(19)14(12)20)17-16(4,5)6/h17H,8-10H2,1-7H3. The molecule has 20 heavy (non-hydrogen) atoms. The summed E-state index contributed by atoms with van der Waals surface area (Å²) in [5.74, 6) is 0. The highest BCUT2D eigenvalue weighted by atomic mass is 32.1. The summed E-state index contributed by atoms with van der Waals surface area (Å²) in [7, 11) is 2.01. The molecule has 1 aromatic carbocycles. The van der Waals surface area contributed by atoms with Gasteiger partial charge in [-0.15, -0.1) is 0 Å². The highest BCUT2D eigenvalue weighted by Crippen LogP contribution is 2.30. The summed E-state index contributed by atoms with van der Waals surface area (Å²) in [5.41, 5.74) is 1.79. The maximum Gasteiger partial charge on any atom is 0.224 e. The van der Waals surface area contributed by atoms with E-state index in [0.29, 0.717) is 15.6 Å². The third kappa shape index (κ3) is 4.58. The second kappa shape index (κ2) is 5.84. The van der Waals surface area contributed by atoms with E-state index in [1.54, 1.807) is 0 Å². The molecule has 0 saturated carbocycles. The number of nitrogens with zero attached hydrogens (tertiary/aromatic N) is 1. The second-order valence-electron chi connectivity index (χ2n) is 7.84. The Kier molecular flexibility index (Phi) is 5.01. The molecule has 0 amide bonds. The van der Waals surface area contributed by atoms with Crippen molar-refractivity contribution < 1.29 is 0 Å². The first kappa shape index (κ1) is 17.2. The summed E-state index contributed by atoms with van der Waals surface area (Å²) in [5, 5.41) is 3.27. The Morgan fingerprint density at radius 1 is 1.15 bits per heavy atom. The van der Waals surface area contributed by atoms with Gasteiger partial charge in [0.2, 0.25) is 5.43 Å². The zero-order chi connectivity index (χ0) is 15.7. The fourth-order valence-electron chi connectivity index (χ4n) is 2.19. The molecule has 1 aromatic rings. The molecule has 0 unspecified atom stereocenters. The average molecular weight is 296 g/mol. The fraction of sp³-hybridized carbons (Fsp3) is 0.750. The summed E-state index contributed by atoms with van der Waals surface area (Å²) < 4.78 is 0.468. The number of hydrogen-bond donors (Lipinski definition) is 1. The van der Waals surface area contributed by atoms with Gasteiger partial charge in [0.05, 0.1) is 5.69 Å². The molecule has 0 aliphatic carbocycles. The maximum absolute atomic E-state index is 11.9. The molecule has 0 aliphatic heterocycles. The van der Waals surface area contributed by atoms with Crippen LogP contribution in [0.4, 0.5) is 11.4 Å². The first-order chi connectivity index (χ1) is 8.92. The van der Waals surface area contributed by atoms with Gasteiger partial charge in [-0.25, -0.2) is 0 Å². The van der Waals surface area contributed by atoms with Gasteiger partial charge in [0.25, 0.3) is 0 Å². The minimum absolute atomic E-state index is 0.0207. The van der Waals surface area contributed by atoms with E-state index in [9.17, 15) is 4.79 Å². The van der Waals surface area contributed by atoms with Gasteiger partial charge in [-0.05, 0) is 39.0 Å². The lowest BCUT2D eigenvalue weighted by Crippen LogP contribution is -2.35. The zero-order valence-electron chi connectivity index (χ0n) is 13.9. The van der Waals surface area contributed by atoms with Crippen molar-refractivity contribution in [2.24, 2.45) is 5.41 Å². The molecule has 114 valence electrons. The molecule has 0 aromatic heterocycles. The van der Waals surface area contributed by atoms with Crippen LogP contribution >= 0.6 is 12.2 Å². The quantitative estimate of drug-likeness (QED) is 0.828. The second-order valence-corrected chi connectivity index (χ2v) is 8.25. The lowest BCUT2D eigenvalue weighted by molar-refractivity contribution is 0.367. The zero-order valence-corrected chi connectivity index (χ0v) is 14.7. The van der Waals surface area contributed by atoms with Crippen LogP contribution in [0.2, 0.25) is 0 Å². The SMILES string of the molecule is CN(CCCC(C)(C)C)c1c(NC(C)(C)C)c(=O)c1=S. The molecule has 0 heterocycles. The molecule has 1 rings (SSSR count). The van der Waals surface area contributed by atoms with E-state index in [1.807, 2.05) is 27.8 Å². The maximum atomic E-state index is 11.9. The summed E-state index contributed by atoms with van der Waals surface area (Å²) in [6.07, 6.45) is 2.26. The Balaban J connectivity index is 2.74. The van der Waals surface area contributed by atoms with Gasteiger partial charge in [0.15, 0.2) is 0 Å². The molecular weight excluding hydrogens is 268 g/mol. The minimum atomic E-state index is -0.126. The highest BCUT2D eigenvalue weighted by Gasteiger charge is 2.24. The van der Waals surface area contributed by atoms with E-state index < -0.39 is 0 Å². The normalized spacial score (nSPS) is 12.8.